The lowest BCUT2D eigenvalue weighted by molar-refractivity contribution is -0.132. The van der Waals surface area contributed by atoms with Crippen molar-refractivity contribution in [3.63, 3.8) is 0 Å². The van der Waals surface area contributed by atoms with Crippen molar-refractivity contribution in [1.82, 2.24) is 15.8 Å². The fraction of sp³-hybridized carbons (Fsp3) is 0.250. The standard InChI is InChI=1S/C20H22N4O3S/c1-12-5-6-13(2)16(11-12)21-18(28)23-24-17(25)20(3,22-19(24)26)14-7-9-15(27-4)10-8-14/h5-11H,1-4H3,(H,22,26)(H2,21,23,28)/t20-/m1/s1. The molecule has 1 aliphatic heterocycles. The Balaban J connectivity index is 1.75. The molecule has 0 radical (unpaired) electrons. The molecule has 28 heavy (non-hydrogen) atoms. The summed E-state index contributed by atoms with van der Waals surface area (Å²) in [5.74, 6) is 0.214. The third-order valence-corrected chi connectivity index (χ3v) is 4.91. The van der Waals surface area contributed by atoms with Crippen molar-refractivity contribution in [1.29, 1.82) is 0 Å². The van der Waals surface area contributed by atoms with Crippen molar-refractivity contribution in [2.24, 2.45) is 0 Å². The molecule has 146 valence electrons. The number of amides is 3. The number of anilines is 1. The molecule has 1 saturated heterocycles. The van der Waals surface area contributed by atoms with E-state index in [4.69, 9.17) is 17.0 Å². The molecule has 3 N–H and O–H groups in total. The third kappa shape index (κ3) is 3.63. The molecule has 1 fully saturated rings. The van der Waals surface area contributed by atoms with Gasteiger partial charge in [0.15, 0.2) is 5.11 Å². The maximum absolute atomic E-state index is 13.0. The van der Waals surface area contributed by atoms with Gasteiger partial charge in [0, 0.05) is 5.69 Å². The Morgan fingerprint density at radius 1 is 1.14 bits per heavy atom. The Kier molecular flexibility index (Phi) is 5.24. The van der Waals surface area contributed by atoms with Gasteiger partial charge in [-0.05, 0) is 67.9 Å². The van der Waals surface area contributed by atoms with Gasteiger partial charge >= 0.3 is 6.03 Å². The number of hydrazine groups is 1. The lowest BCUT2D eigenvalue weighted by atomic mass is 9.92. The molecule has 3 rings (SSSR count). The molecule has 0 saturated carbocycles. The second-order valence-electron chi connectivity index (χ2n) is 6.81. The summed E-state index contributed by atoms with van der Waals surface area (Å²) in [5.41, 5.74) is 5.00. The van der Waals surface area contributed by atoms with Crippen molar-refractivity contribution in [3.05, 3.63) is 59.2 Å². The third-order valence-electron chi connectivity index (χ3n) is 4.71. The highest BCUT2D eigenvalue weighted by atomic mass is 32.1. The fourth-order valence-corrected chi connectivity index (χ4v) is 3.18. The summed E-state index contributed by atoms with van der Waals surface area (Å²) in [4.78, 5) is 25.4. The number of imide groups is 1. The maximum atomic E-state index is 13.0. The zero-order chi connectivity index (χ0) is 20.5. The fourth-order valence-electron chi connectivity index (χ4n) is 2.98. The highest BCUT2D eigenvalue weighted by molar-refractivity contribution is 7.80. The summed E-state index contributed by atoms with van der Waals surface area (Å²) in [6, 6.07) is 12.3. The maximum Gasteiger partial charge on any atom is 0.344 e. The normalized spacial score (nSPS) is 18.6. The average molecular weight is 398 g/mol. The van der Waals surface area contributed by atoms with Crippen LogP contribution in [-0.4, -0.2) is 29.2 Å². The highest BCUT2D eigenvalue weighted by Gasteiger charge is 2.49. The molecule has 0 aliphatic carbocycles. The Bertz CT molecular complexity index is 945. The van der Waals surface area contributed by atoms with Gasteiger partial charge in [-0.3, -0.25) is 10.2 Å². The zero-order valence-corrected chi connectivity index (χ0v) is 16.9. The van der Waals surface area contributed by atoms with Crippen LogP contribution in [0.15, 0.2) is 42.5 Å². The molecule has 0 aromatic heterocycles. The van der Waals surface area contributed by atoms with E-state index in [2.05, 4.69) is 16.1 Å². The average Bonchev–Trinajstić information content (AvgIpc) is 2.89. The number of methoxy groups -OCH3 is 1. The lowest BCUT2D eigenvalue weighted by Gasteiger charge is -2.23. The summed E-state index contributed by atoms with van der Waals surface area (Å²) < 4.78 is 5.14. The first-order valence-corrected chi connectivity index (χ1v) is 9.11. The van der Waals surface area contributed by atoms with Gasteiger partial charge in [-0.2, -0.15) is 5.01 Å². The van der Waals surface area contributed by atoms with E-state index in [0.717, 1.165) is 21.8 Å². The minimum absolute atomic E-state index is 0.149. The number of ether oxygens (including phenoxy) is 1. The minimum Gasteiger partial charge on any atom is -0.497 e. The van der Waals surface area contributed by atoms with Gasteiger partial charge in [-0.25, -0.2) is 4.79 Å². The van der Waals surface area contributed by atoms with Crippen LogP contribution in [0.25, 0.3) is 0 Å². The number of thiocarbonyl (C=S) groups is 1. The summed E-state index contributed by atoms with van der Waals surface area (Å²) in [6.07, 6.45) is 0. The second kappa shape index (κ2) is 7.47. The van der Waals surface area contributed by atoms with E-state index >= 15 is 0 Å². The van der Waals surface area contributed by atoms with E-state index in [0.29, 0.717) is 11.3 Å². The summed E-state index contributed by atoms with van der Waals surface area (Å²) >= 11 is 5.29. The largest absolute Gasteiger partial charge is 0.497 e. The first-order valence-electron chi connectivity index (χ1n) is 8.70. The van der Waals surface area contributed by atoms with Crippen molar-refractivity contribution in [3.8, 4) is 5.75 Å². The van der Waals surface area contributed by atoms with Gasteiger partial charge < -0.3 is 15.4 Å². The van der Waals surface area contributed by atoms with Crippen LogP contribution in [0.3, 0.4) is 0 Å². The molecule has 2 aromatic carbocycles. The summed E-state index contributed by atoms with van der Waals surface area (Å²) in [6.45, 7) is 5.57. The van der Waals surface area contributed by atoms with Crippen molar-refractivity contribution in [2.45, 2.75) is 26.3 Å². The number of carbonyl (C=O) groups excluding carboxylic acids is 2. The van der Waals surface area contributed by atoms with Gasteiger partial charge in [0.1, 0.15) is 11.3 Å². The van der Waals surface area contributed by atoms with E-state index in [1.807, 2.05) is 32.0 Å². The lowest BCUT2D eigenvalue weighted by Crippen LogP contribution is -2.49. The molecule has 0 spiro atoms. The van der Waals surface area contributed by atoms with Crippen LogP contribution in [0.4, 0.5) is 10.5 Å². The van der Waals surface area contributed by atoms with E-state index in [9.17, 15) is 9.59 Å². The molecule has 0 bridgehead atoms. The Hall–Kier alpha value is -3.13. The molecule has 2 aromatic rings. The molecule has 1 aliphatic rings. The monoisotopic (exact) mass is 398 g/mol. The van der Waals surface area contributed by atoms with Crippen LogP contribution in [0.2, 0.25) is 0 Å². The molecule has 1 atom stereocenters. The number of carbonyl (C=O) groups is 2. The molecule has 3 amide bonds. The first kappa shape index (κ1) is 19.6. The van der Waals surface area contributed by atoms with Gasteiger partial charge in [-0.15, -0.1) is 0 Å². The Morgan fingerprint density at radius 3 is 2.46 bits per heavy atom. The second-order valence-corrected chi connectivity index (χ2v) is 7.22. The van der Waals surface area contributed by atoms with Crippen LogP contribution in [-0.2, 0) is 10.3 Å². The molecule has 1 heterocycles. The molecule has 7 nitrogen and oxygen atoms in total. The Labute approximate surface area is 169 Å². The van der Waals surface area contributed by atoms with Crippen LogP contribution >= 0.6 is 12.2 Å². The van der Waals surface area contributed by atoms with Crippen LogP contribution < -0.4 is 20.8 Å². The van der Waals surface area contributed by atoms with Crippen LogP contribution in [0, 0.1) is 13.8 Å². The van der Waals surface area contributed by atoms with Gasteiger partial charge in [0.25, 0.3) is 5.91 Å². The molecular formula is C20H22N4O3S. The van der Waals surface area contributed by atoms with E-state index < -0.39 is 17.5 Å². The SMILES string of the molecule is COc1ccc([C@@]2(C)NC(=O)N(NC(=S)Nc3cc(C)ccc3C)C2=O)cc1. The smallest absolute Gasteiger partial charge is 0.344 e. The number of hydrogen-bond acceptors (Lipinski definition) is 4. The van der Waals surface area contributed by atoms with Crippen molar-refractivity contribution in [2.75, 3.05) is 12.4 Å². The van der Waals surface area contributed by atoms with Gasteiger partial charge in [0.2, 0.25) is 0 Å². The van der Waals surface area contributed by atoms with Crippen LogP contribution in [0.5, 0.6) is 5.75 Å². The van der Waals surface area contributed by atoms with Crippen molar-refractivity contribution >= 4 is 35.0 Å². The van der Waals surface area contributed by atoms with E-state index in [-0.39, 0.29) is 5.11 Å². The van der Waals surface area contributed by atoms with Crippen molar-refractivity contribution < 1.29 is 14.3 Å². The predicted molar refractivity (Wildman–Crippen MR) is 111 cm³/mol. The first-order chi connectivity index (χ1) is 13.2. The van der Waals surface area contributed by atoms with E-state index in [1.54, 1.807) is 38.3 Å². The Morgan fingerprint density at radius 2 is 1.82 bits per heavy atom. The van der Waals surface area contributed by atoms with E-state index in [1.165, 1.54) is 0 Å². The quantitative estimate of drug-likeness (QED) is 0.543. The summed E-state index contributed by atoms with van der Waals surface area (Å²) in [7, 11) is 1.56. The number of nitrogens with zero attached hydrogens (tertiary/aromatic N) is 1. The number of rotatable bonds is 4. The number of aryl methyl sites for hydroxylation is 2. The number of nitrogens with one attached hydrogen (secondary N) is 3. The number of hydrogen-bond donors (Lipinski definition) is 3. The molecule has 8 heteroatoms. The van der Waals surface area contributed by atoms with Gasteiger partial charge in [-0.1, -0.05) is 24.3 Å². The topological polar surface area (TPSA) is 82.7 Å². The molecular weight excluding hydrogens is 376 g/mol. The number of benzene rings is 2. The van der Waals surface area contributed by atoms with Crippen LogP contribution in [0.1, 0.15) is 23.6 Å². The predicted octanol–water partition coefficient (Wildman–Crippen LogP) is 2.98. The zero-order valence-electron chi connectivity index (χ0n) is 16.1. The minimum atomic E-state index is -1.20. The highest BCUT2D eigenvalue weighted by Crippen LogP contribution is 2.29. The molecule has 0 unspecified atom stereocenters. The number of urea groups is 1. The summed E-state index contributed by atoms with van der Waals surface area (Å²) in [5, 5.41) is 6.79. The van der Waals surface area contributed by atoms with Gasteiger partial charge in [0.05, 0.1) is 7.11 Å².